The number of pyridine rings is 6. The van der Waals surface area contributed by atoms with Gasteiger partial charge in [0.15, 0.2) is 23.0 Å². The van der Waals surface area contributed by atoms with Gasteiger partial charge in [-0.2, -0.15) is 0 Å². The van der Waals surface area contributed by atoms with E-state index in [0.29, 0.717) is 112 Å². The summed E-state index contributed by atoms with van der Waals surface area (Å²) >= 11 is 0. The summed E-state index contributed by atoms with van der Waals surface area (Å²) in [4.78, 5) is 92.6. The second-order valence-corrected chi connectivity index (χ2v) is 35.8. The monoisotopic (exact) mass is 1910 g/mol. The van der Waals surface area contributed by atoms with Gasteiger partial charge in [-0.25, -0.2) is 59.0 Å². The molecule has 28 nitrogen and oxygen atoms in total. The number of rotatable bonds is 20. The van der Waals surface area contributed by atoms with Gasteiger partial charge in [0.05, 0.1) is 101 Å². The van der Waals surface area contributed by atoms with Gasteiger partial charge in [0.1, 0.15) is 104 Å². The number of aromatic nitrogens is 12. The molecule has 4 atom stereocenters. The summed E-state index contributed by atoms with van der Waals surface area (Å²) in [7, 11) is 0. The molecule has 24 rings (SSSR count). The van der Waals surface area contributed by atoms with Crippen molar-refractivity contribution >= 4 is 145 Å². The zero-order chi connectivity index (χ0) is 99.9. The number of hydrogen-bond donors (Lipinski definition) is 6. The summed E-state index contributed by atoms with van der Waals surface area (Å²) in [6, 6.07) is 71.6. The predicted octanol–water partition coefficient (Wildman–Crippen LogP) is 27.5. The average Bonchev–Trinajstić information content (AvgIpc) is 1.37. The number of aryl methyl sites for hydroxylation is 8. The fraction of sp³-hybridized carbons (Fsp3) is 0.138. The molecule has 6 N–H and O–H groups in total. The summed E-state index contributed by atoms with van der Waals surface area (Å²) in [5, 5.41) is 46.6. The number of aromatic amines is 2. The van der Waals surface area contributed by atoms with Crippen LogP contribution in [0.1, 0.15) is 160 Å². The molecule has 712 valence electrons. The lowest BCUT2D eigenvalue weighted by Gasteiger charge is -2.19. The largest absolute Gasteiger partial charge is 0.485 e. The summed E-state index contributed by atoms with van der Waals surface area (Å²) < 4.78 is 53.6. The van der Waals surface area contributed by atoms with Gasteiger partial charge in [0.2, 0.25) is 0 Å². The summed E-state index contributed by atoms with van der Waals surface area (Å²) in [5.41, 5.74) is 23.7. The van der Waals surface area contributed by atoms with E-state index in [1.807, 2.05) is 323 Å². The van der Waals surface area contributed by atoms with Crippen LogP contribution in [0.4, 0.5) is 0 Å². The highest BCUT2D eigenvalue weighted by molar-refractivity contribution is 6.11. The van der Waals surface area contributed by atoms with Crippen LogP contribution in [0.15, 0.2) is 298 Å². The molecule has 0 amide bonds. The molecule has 28 heteroatoms. The van der Waals surface area contributed by atoms with Crippen LogP contribution in [0.2, 0.25) is 0 Å². The molecule has 144 heavy (non-hydrogen) atoms. The first kappa shape index (κ1) is 91.8. The second-order valence-electron chi connectivity index (χ2n) is 35.8. The van der Waals surface area contributed by atoms with Crippen LogP contribution < -0.4 is 18.9 Å². The highest BCUT2D eigenvalue weighted by Crippen LogP contribution is 2.46. The van der Waals surface area contributed by atoms with E-state index in [0.717, 1.165) is 144 Å². The molecular weight excluding hydrogens is 1820 g/mol. The minimum absolute atomic E-state index is 0.116. The molecule has 14 aromatic heterocycles. The molecular formula is C116H92N12O16. The highest BCUT2D eigenvalue weighted by atomic mass is 16.5. The first-order valence-corrected chi connectivity index (χ1v) is 46.6. The maximum atomic E-state index is 12.5. The number of H-pyrrole nitrogens is 2. The average molecular weight is 1910 g/mol. The predicted molar refractivity (Wildman–Crippen MR) is 552 cm³/mol. The molecule has 24 aromatic rings. The van der Waals surface area contributed by atoms with Gasteiger partial charge < -0.3 is 75.8 Å². The first-order chi connectivity index (χ1) is 69.6. The Hall–Kier alpha value is -18.6. The molecule has 10 aromatic carbocycles. The molecule has 0 aliphatic heterocycles. The fourth-order valence-electron chi connectivity index (χ4n) is 18.8. The number of carboxylic acids is 4. The molecule has 0 unspecified atom stereocenters. The van der Waals surface area contributed by atoms with Crippen molar-refractivity contribution in [3.63, 3.8) is 0 Å². The van der Waals surface area contributed by atoms with Gasteiger partial charge >= 0.3 is 23.9 Å². The summed E-state index contributed by atoms with van der Waals surface area (Å²) in [6.45, 7) is 23.2. The molecule has 0 bridgehead atoms. The number of ether oxygens (including phenoxy) is 4. The fourth-order valence-corrected chi connectivity index (χ4v) is 18.8. The Kier molecular flexibility index (Phi) is 23.8. The van der Waals surface area contributed by atoms with Crippen molar-refractivity contribution in [1.29, 1.82) is 0 Å². The van der Waals surface area contributed by atoms with E-state index in [2.05, 4.69) is 29.9 Å². The summed E-state index contributed by atoms with van der Waals surface area (Å²) in [5.74, 6) is -0.115. The minimum atomic E-state index is -1.06. The van der Waals surface area contributed by atoms with E-state index in [1.54, 1.807) is 49.3 Å². The van der Waals surface area contributed by atoms with Crippen LogP contribution in [0.25, 0.3) is 167 Å². The number of nitrogens with one attached hydrogen (secondary N) is 2. The maximum Gasteiger partial charge on any atom is 0.336 e. The third kappa shape index (κ3) is 17.0. The van der Waals surface area contributed by atoms with Crippen LogP contribution in [0.5, 0.6) is 23.0 Å². The first-order valence-electron chi connectivity index (χ1n) is 46.6. The number of hydrogen-bond acceptors (Lipinski definition) is 20. The molecule has 14 heterocycles. The molecule has 0 aliphatic carbocycles. The Morgan fingerprint density at radius 2 is 0.576 bits per heavy atom. The van der Waals surface area contributed by atoms with Gasteiger partial charge in [-0.1, -0.05) is 121 Å². The Morgan fingerprint density at radius 3 is 0.847 bits per heavy atom. The van der Waals surface area contributed by atoms with Gasteiger partial charge in [0.25, 0.3) is 0 Å². The van der Waals surface area contributed by atoms with Crippen LogP contribution in [0, 0.1) is 55.4 Å². The Labute approximate surface area is 820 Å². The van der Waals surface area contributed by atoms with Crippen molar-refractivity contribution in [2.45, 2.75) is 108 Å². The number of para-hydroxylation sites is 4. The van der Waals surface area contributed by atoms with E-state index >= 15 is 0 Å². The second kappa shape index (κ2) is 37.3. The minimum Gasteiger partial charge on any atom is -0.485 e. The normalized spacial score (nSPS) is 12.4. The molecule has 0 spiro atoms. The number of imidazole rings is 4. The van der Waals surface area contributed by atoms with E-state index in [1.165, 1.54) is 0 Å². The lowest BCUT2D eigenvalue weighted by molar-refractivity contribution is 0.0687. The van der Waals surface area contributed by atoms with Crippen molar-refractivity contribution in [3.05, 3.63) is 369 Å². The van der Waals surface area contributed by atoms with Crippen molar-refractivity contribution in [2.24, 2.45) is 0 Å². The van der Waals surface area contributed by atoms with E-state index in [-0.39, 0.29) is 46.7 Å². The summed E-state index contributed by atoms with van der Waals surface area (Å²) in [6.07, 6.45) is 13.1. The van der Waals surface area contributed by atoms with Crippen molar-refractivity contribution in [1.82, 2.24) is 58.6 Å². The quantitative estimate of drug-likeness (QED) is 0.0413. The SMILES string of the molecule is Cc1c(-c2cc(C(=O)O)c3c(O[C@@H](C)c4ccc5nc[nH]c5c4)ccc(C)c3n2)oc2ccccc12.Cc1c(-c2cc(C(=O)O)c3c(O[C@@H](C)c4ccc5nccn5c4)ccc(C)c3n2)oc2ccccc12.Cc1c(-c2cc(C(=O)O)c3c(O[C@H](C)c4ccc5nc[nH]c5c4)ccc(C)c3n2)oc2ccccc12.Cc1c(-c2cc(C(=O)O)c3c(O[C@H](C)c4ccc5nccn5c4)ccc(C)c3n2)oc2ccccc12. The van der Waals surface area contributed by atoms with Crippen LogP contribution in [-0.4, -0.2) is 103 Å². The Balaban J connectivity index is 0.000000113. The lowest BCUT2D eigenvalue weighted by Crippen LogP contribution is -2.07. The van der Waals surface area contributed by atoms with Crippen LogP contribution in [0.3, 0.4) is 0 Å². The van der Waals surface area contributed by atoms with E-state index < -0.39 is 23.9 Å². The van der Waals surface area contributed by atoms with Gasteiger partial charge in [-0.05, 0) is 226 Å². The van der Waals surface area contributed by atoms with Gasteiger partial charge in [-0.15, -0.1) is 0 Å². The molecule has 0 radical (unpaired) electrons. The number of aromatic carboxylic acids is 4. The smallest absolute Gasteiger partial charge is 0.336 e. The van der Waals surface area contributed by atoms with Crippen LogP contribution >= 0.6 is 0 Å². The molecule has 0 saturated heterocycles. The molecule has 0 saturated carbocycles. The lowest BCUT2D eigenvalue weighted by atomic mass is 10.0. The Bertz CT molecular complexity index is 8250. The van der Waals surface area contributed by atoms with E-state index in [4.69, 9.17) is 56.6 Å². The highest BCUT2D eigenvalue weighted by Gasteiger charge is 2.30. The topological polar surface area (TPSA) is 382 Å². The zero-order valence-electron chi connectivity index (χ0n) is 80.0. The third-order valence-corrected chi connectivity index (χ3v) is 26.5. The number of furan rings is 4. The van der Waals surface area contributed by atoms with E-state index in [9.17, 15) is 39.6 Å². The number of nitrogens with zero attached hydrogens (tertiary/aromatic N) is 10. The number of carboxylic acid groups (broad SMARTS) is 4. The molecule has 0 aliphatic rings. The van der Waals surface area contributed by atoms with Crippen molar-refractivity contribution in [2.75, 3.05) is 0 Å². The number of benzene rings is 10. The van der Waals surface area contributed by atoms with Crippen molar-refractivity contribution < 1.29 is 76.2 Å². The maximum absolute atomic E-state index is 12.5. The molecule has 0 fully saturated rings. The standard InChI is InChI=1S/4C29H23N3O4/c2*1-15-8-11-25(35-17(3)18-9-10-21-22(12-18)31-14-30-21)26-20(29(33)34)13-23(32-27(15)26)28-16(2)19-6-4-5-7-24(19)36-28;2*1-16-8-10-24(35-18(3)19-9-11-25-30-12-13-32(25)15-19)26-21(29(33)34)14-22(31-27(16)26)28-17(2)20-6-4-5-7-23(20)36-28/h2*4-14,17H,1-3H3,(H,30,31)(H,33,34);2*4-15,18H,1-3H3,(H,33,34)/t2*17-;2*18-/m1010/s1. The number of fused-ring (bicyclic) bond motifs is 12. The van der Waals surface area contributed by atoms with Gasteiger partial charge in [0, 0.05) is 92.1 Å². The van der Waals surface area contributed by atoms with Crippen LogP contribution in [-0.2, 0) is 0 Å². The third-order valence-electron chi connectivity index (χ3n) is 26.5. The Morgan fingerprint density at radius 1 is 0.312 bits per heavy atom. The number of carbonyl (C=O) groups is 4. The van der Waals surface area contributed by atoms with Crippen molar-refractivity contribution in [3.8, 4) is 68.8 Å². The van der Waals surface area contributed by atoms with Gasteiger partial charge in [-0.3, -0.25) is 0 Å². The zero-order valence-corrected chi connectivity index (χ0v) is 80.0.